The smallest absolute Gasteiger partial charge is 0.342 e. The number of benzene rings is 2. The number of carbonyl (C=O) groups excluding carboxylic acids is 2. The summed E-state index contributed by atoms with van der Waals surface area (Å²) in [6, 6.07) is 11.6. The van der Waals surface area contributed by atoms with Crippen LogP contribution in [0.25, 0.3) is 11.3 Å². The molecule has 0 unspecified atom stereocenters. The van der Waals surface area contributed by atoms with Gasteiger partial charge in [-0.3, -0.25) is 4.79 Å². The average molecular weight is 501 g/mol. The molecular weight excluding hydrogens is 475 g/mol. The minimum Gasteiger partial charge on any atom is -0.507 e. The first-order valence-corrected chi connectivity index (χ1v) is 11.9. The number of anilines is 1. The molecule has 0 saturated heterocycles. The maximum Gasteiger partial charge on any atom is 0.342 e. The van der Waals surface area contributed by atoms with Gasteiger partial charge in [0.25, 0.3) is 0 Å². The van der Waals surface area contributed by atoms with E-state index in [1.807, 2.05) is 6.07 Å². The zero-order valence-electron chi connectivity index (χ0n) is 18.9. The van der Waals surface area contributed by atoms with Gasteiger partial charge >= 0.3 is 6.03 Å². The molecule has 4 rings (SSSR count). The van der Waals surface area contributed by atoms with Crippen LogP contribution in [0, 0.1) is 5.92 Å². The van der Waals surface area contributed by atoms with E-state index in [9.17, 15) is 14.7 Å². The largest absolute Gasteiger partial charge is 0.507 e. The van der Waals surface area contributed by atoms with E-state index in [0.29, 0.717) is 27.0 Å². The van der Waals surface area contributed by atoms with Crippen molar-refractivity contribution in [2.75, 3.05) is 5.32 Å². The highest BCUT2D eigenvalue weighted by Gasteiger charge is 2.27. The summed E-state index contributed by atoms with van der Waals surface area (Å²) >= 11 is 12.0. The lowest BCUT2D eigenvalue weighted by Crippen LogP contribution is -2.31. The van der Waals surface area contributed by atoms with Gasteiger partial charge in [-0.15, -0.1) is 0 Å². The average Bonchev–Trinajstić information content (AvgIpc) is 3.17. The van der Waals surface area contributed by atoms with E-state index in [1.165, 1.54) is 10.7 Å². The molecule has 1 aliphatic rings. The Kier molecular flexibility index (Phi) is 7.14. The van der Waals surface area contributed by atoms with Crippen molar-refractivity contribution in [1.29, 1.82) is 0 Å². The molecule has 0 bridgehead atoms. The topological polar surface area (TPSA) is 96.3 Å². The SMILES string of the molecule is CC(C)C(=O)Nc1ccc(-c2cc(C3CCC3)n(C(=O)NCc3ccc(Cl)c(Cl)c3)n2)c(O)c1. The number of aromatic nitrogens is 2. The van der Waals surface area contributed by atoms with Crippen molar-refractivity contribution in [2.45, 2.75) is 45.6 Å². The lowest BCUT2D eigenvalue weighted by atomic mass is 9.82. The number of carbonyl (C=O) groups is 2. The van der Waals surface area contributed by atoms with E-state index in [-0.39, 0.29) is 36.1 Å². The minimum absolute atomic E-state index is 0.0254. The molecule has 3 N–H and O–H groups in total. The van der Waals surface area contributed by atoms with Gasteiger partial charge in [-0.25, -0.2) is 4.79 Å². The highest BCUT2D eigenvalue weighted by Crippen LogP contribution is 2.39. The summed E-state index contributed by atoms with van der Waals surface area (Å²) < 4.78 is 1.38. The first-order valence-electron chi connectivity index (χ1n) is 11.2. The second-order valence-electron chi connectivity index (χ2n) is 8.78. The van der Waals surface area contributed by atoms with Crippen LogP contribution in [0.5, 0.6) is 5.75 Å². The van der Waals surface area contributed by atoms with Crippen molar-refractivity contribution < 1.29 is 14.7 Å². The first-order chi connectivity index (χ1) is 16.2. The zero-order valence-corrected chi connectivity index (χ0v) is 20.5. The van der Waals surface area contributed by atoms with Gasteiger partial charge in [0.05, 0.1) is 21.4 Å². The Morgan fingerprint density at radius 3 is 2.50 bits per heavy atom. The van der Waals surface area contributed by atoms with E-state index < -0.39 is 0 Å². The highest BCUT2D eigenvalue weighted by atomic mass is 35.5. The molecule has 178 valence electrons. The number of phenols is 1. The maximum atomic E-state index is 13.0. The number of nitrogens with one attached hydrogen (secondary N) is 2. The van der Waals surface area contributed by atoms with Crippen molar-refractivity contribution in [2.24, 2.45) is 5.92 Å². The maximum absolute atomic E-state index is 13.0. The summed E-state index contributed by atoms with van der Waals surface area (Å²) in [5.74, 6) is -0.0985. The van der Waals surface area contributed by atoms with Crippen LogP contribution < -0.4 is 10.6 Å². The van der Waals surface area contributed by atoms with Crippen LogP contribution in [0.2, 0.25) is 10.0 Å². The van der Waals surface area contributed by atoms with Crippen LogP contribution in [-0.2, 0) is 11.3 Å². The van der Waals surface area contributed by atoms with Crippen LogP contribution in [-0.4, -0.2) is 26.8 Å². The minimum atomic E-state index is -0.362. The molecular formula is C25H26Cl2N4O3. The van der Waals surface area contributed by atoms with Gasteiger partial charge in [-0.2, -0.15) is 9.78 Å². The molecule has 1 saturated carbocycles. The van der Waals surface area contributed by atoms with Crippen molar-refractivity contribution in [3.8, 4) is 17.0 Å². The van der Waals surface area contributed by atoms with E-state index in [4.69, 9.17) is 23.2 Å². The third-order valence-corrected chi connectivity index (χ3v) is 6.69. The number of phenolic OH excluding ortho intramolecular Hbond substituents is 1. The lowest BCUT2D eigenvalue weighted by molar-refractivity contribution is -0.118. The number of hydrogen-bond donors (Lipinski definition) is 3. The van der Waals surface area contributed by atoms with Gasteiger partial charge in [0.15, 0.2) is 0 Å². The fraction of sp³-hybridized carbons (Fsp3) is 0.320. The molecule has 2 amide bonds. The van der Waals surface area contributed by atoms with Gasteiger partial charge in [0.1, 0.15) is 5.75 Å². The molecule has 34 heavy (non-hydrogen) atoms. The van der Waals surface area contributed by atoms with E-state index in [2.05, 4.69) is 15.7 Å². The first kappa shape index (κ1) is 24.1. The number of hydrogen-bond acceptors (Lipinski definition) is 4. The van der Waals surface area contributed by atoms with Gasteiger partial charge in [0, 0.05) is 35.7 Å². The van der Waals surface area contributed by atoms with Crippen LogP contribution in [0.1, 0.15) is 50.3 Å². The third kappa shape index (κ3) is 5.21. The standard InChI is InChI=1S/C25H26Cl2N4O3/c1-14(2)24(33)29-17-7-8-18(23(32)11-17)21-12-22(16-4-3-5-16)31(30-21)25(34)28-13-15-6-9-19(26)20(27)10-15/h6-12,14,16,32H,3-5,13H2,1-2H3,(H,28,34)(H,29,33). The molecule has 0 spiro atoms. The van der Waals surface area contributed by atoms with Gasteiger partial charge < -0.3 is 15.7 Å². The fourth-order valence-electron chi connectivity index (χ4n) is 3.70. The Morgan fingerprint density at radius 2 is 1.88 bits per heavy atom. The van der Waals surface area contributed by atoms with E-state index in [1.54, 1.807) is 44.2 Å². The molecule has 0 aliphatic heterocycles. The quantitative estimate of drug-likeness (QED) is 0.376. The Morgan fingerprint density at radius 1 is 1.12 bits per heavy atom. The summed E-state index contributed by atoms with van der Waals surface area (Å²) in [5, 5.41) is 21.7. The lowest BCUT2D eigenvalue weighted by Gasteiger charge is -2.25. The predicted octanol–water partition coefficient (Wildman–Crippen LogP) is 6.18. The Labute approximate surface area is 208 Å². The Balaban J connectivity index is 1.57. The Bertz CT molecular complexity index is 1230. The second kappa shape index (κ2) is 10.1. The van der Waals surface area contributed by atoms with Crippen molar-refractivity contribution in [1.82, 2.24) is 15.1 Å². The number of halogens is 2. The summed E-state index contributed by atoms with van der Waals surface area (Å²) in [7, 11) is 0. The van der Waals surface area contributed by atoms with Crippen molar-refractivity contribution in [3.63, 3.8) is 0 Å². The zero-order chi connectivity index (χ0) is 24.4. The highest BCUT2D eigenvalue weighted by molar-refractivity contribution is 6.42. The van der Waals surface area contributed by atoms with Crippen molar-refractivity contribution in [3.05, 3.63) is 63.8 Å². The van der Waals surface area contributed by atoms with Crippen LogP contribution in [0.15, 0.2) is 42.5 Å². The molecule has 3 aromatic rings. The molecule has 2 aromatic carbocycles. The summed E-state index contributed by atoms with van der Waals surface area (Å²) in [4.78, 5) is 25.0. The van der Waals surface area contributed by atoms with E-state index >= 15 is 0 Å². The summed E-state index contributed by atoms with van der Waals surface area (Å²) in [6.45, 7) is 3.86. The molecule has 0 atom stereocenters. The number of rotatable bonds is 6. The number of aromatic hydroxyl groups is 1. The normalized spacial score (nSPS) is 13.6. The van der Waals surface area contributed by atoms with Crippen LogP contribution >= 0.6 is 23.2 Å². The summed E-state index contributed by atoms with van der Waals surface area (Å²) in [5.41, 5.74) is 3.10. The van der Waals surface area contributed by atoms with Crippen LogP contribution in [0.4, 0.5) is 10.5 Å². The monoisotopic (exact) mass is 500 g/mol. The van der Waals surface area contributed by atoms with Crippen molar-refractivity contribution >= 4 is 40.8 Å². The van der Waals surface area contributed by atoms with Gasteiger partial charge in [-0.05, 0) is 48.7 Å². The molecule has 7 nitrogen and oxygen atoms in total. The van der Waals surface area contributed by atoms with Gasteiger partial charge in [0.2, 0.25) is 5.91 Å². The van der Waals surface area contributed by atoms with Gasteiger partial charge in [-0.1, -0.05) is 49.5 Å². The molecule has 1 aliphatic carbocycles. The third-order valence-electron chi connectivity index (χ3n) is 5.95. The molecule has 9 heteroatoms. The fourth-order valence-corrected chi connectivity index (χ4v) is 4.02. The molecule has 1 aromatic heterocycles. The Hall–Kier alpha value is -3.03. The molecule has 0 radical (unpaired) electrons. The second-order valence-corrected chi connectivity index (χ2v) is 9.59. The van der Waals surface area contributed by atoms with Crippen LogP contribution in [0.3, 0.4) is 0 Å². The molecule has 1 heterocycles. The molecule has 1 fully saturated rings. The van der Waals surface area contributed by atoms with E-state index in [0.717, 1.165) is 30.5 Å². The number of nitrogens with zero attached hydrogens (tertiary/aromatic N) is 2. The number of amides is 2. The summed E-state index contributed by atoms with van der Waals surface area (Å²) in [6.07, 6.45) is 3.07. The predicted molar refractivity (Wildman–Crippen MR) is 133 cm³/mol.